The van der Waals surface area contributed by atoms with Crippen LogP contribution in [0, 0.1) is 11.6 Å². The molecule has 100 valence electrons. The third-order valence-electron chi connectivity index (χ3n) is 3.04. The lowest BCUT2D eigenvalue weighted by atomic mass is 10.1. The van der Waals surface area contributed by atoms with Crippen molar-refractivity contribution in [2.24, 2.45) is 0 Å². The molecule has 0 radical (unpaired) electrons. The Kier molecular flexibility index (Phi) is 4.00. The number of nitrogens with zero attached hydrogens (tertiary/aromatic N) is 1. The topological polar surface area (TPSA) is 29.3 Å². The van der Waals surface area contributed by atoms with Gasteiger partial charge >= 0.3 is 0 Å². The molecule has 0 amide bonds. The van der Waals surface area contributed by atoms with Gasteiger partial charge in [0.15, 0.2) is 5.82 Å². The van der Waals surface area contributed by atoms with Gasteiger partial charge in [0.1, 0.15) is 5.82 Å². The van der Waals surface area contributed by atoms with Crippen LogP contribution >= 0.6 is 0 Å². The zero-order chi connectivity index (χ0) is 13.8. The van der Waals surface area contributed by atoms with E-state index in [1.54, 1.807) is 35.2 Å². The monoisotopic (exact) mass is 262 g/mol. The van der Waals surface area contributed by atoms with Gasteiger partial charge in [-0.15, -0.1) is 0 Å². The van der Waals surface area contributed by atoms with Gasteiger partial charge in [0.2, 0.25) is 0 Å². The van der Waals surface area contributed by atoms with Crippen LogP contribution in [0.15, 0.2) is 42.5 Å². The molecule has 0 bridgehead atoms. The fourth-order valence-electron chi connectivity index (χ4n) is 2.00. The highest BCUT2D eigenvalue weighted by molar-refractivity contribution is 5.50. The third kappa shape index (κ3) is 2.84. The Labute approximate surface area is 111 Å². The summed E-state index contributed by atoms with van der Waals surface area (Å²) < 4.78 is 27.6. The number of para-hydroxylation sites is 1. The molecule has 2 aromatic carbocycles. The maximum atomic E-state index is 13.9. The van der Waals surface area contributed by atoms with Gasteiger partial charge in [0.05, 0.1) is 11.4 Å². The molecule has 0 aliphatic rings. The second-order valence-corrected chi connectivity index (χ2v) is 4.29. The van der Waals surface area contributed by atoms with Crippen molar-refractivity contribution in [2.45, 2.75) is 13.5 Å². The van der Waals surface area contributed by atoms with E-state index in [4.69, 9.17) is 5.73 Å². The minimum absolute atomic E-state index is 0.113. The van der Waals surface area contributed by atoms with E-state index in [1.807, 2.05) is 6.92 Å². The number of hydrogen-bond acceptors (Lipinski definition) is 2. The van der Waals surface area contributed by atoms with E-state index in [1.165, 1.54) is 12.1 Å². The second-order valence-electron chi connectivity index (χ2n) is 4.29. The number of anilines is 2. The second kappa shape index (κ2) is 5.69. The molecule has 0 heterocycles. The molecule has 0 unspecified atom stereocenters. The normalized spacial score (nSPS) is 10.5. The van der Waals surface area contributed by atoms with Crippen molar-refractivity contribution in [3.05, 3.63) is 59.7 Å². The molecule has 2 N–H and O–H groups in total. The van der Waals surface area contributed by atoms with Crippen LogP contribution in [0.1, 0.15) is 12.5 Å². The summed E-state index contributed by atoms with van der Waals surface area (Å²) in [7, 11) is 0. The van der Waals surface area contributed by atoms with E-state index in [0.717, 1.165) is 0 Å². The average molecular weight is 262 g/mol. The van der Waals surface area contributed by atoms with Gasteiger partial charge in [-0.2, -0.15) is 0 Å². The number of halogens is 2. The predicted molar refractivity (Wildman–Crippen MR) is 73.9 cm³/mol. The van der Waals surface area contributed by atoms with Gasteiger partial charge in [0.25, 0.3) is 0 Å². The smallest absolute Gasteiger partial charge is 0.151 e. The highest BCUT2D eigenvalue weighted by Crippen LogP contribution is 2.23. The van der Waals surface area contributed by atoms with Crippen molar-refractivity contribution in [3.63, 3.8) is 0 Å². The maximum absolute atomic E-state index is 13.9. The molecule has 0 aliphatic heterocycles. The number of nitrogen functional groups attached to an aromatic ring is 1. The first-order valence-corrected chi connectivity index (χ1v) is 6.15. The zero-order valence-electron chi connectivity index (χ0n) is 10.7. The Hall–Kier alpha value is -2.10. The molecule has 0 saturated heterocycles. The first-order chi connectivity index (χ1) is 9.13. The van der Waals surface area contributed by atoms with Crippen LogP contribution in [0.5, 0.6) is 0 Å². The molecular formula is C15H16F2N2. The number of benzene rings is 2. The largest absolute Gasteiger partial charge is 0.396 e. The molecule has 2 nitrogen and oxygen atoms in total. The van der Waals surface area contributed by atoms with Gasteiger partial charge in [-0.3, -0.25) is 0 Å². The standard InChI is InChI=1S/C15H16F2N2/c1-2-19(14-9-4-3-7-12(14)16)10-11-6-5-8-13(18)15(11)17/h3-9H,2,10,18H2,1H3. The molecule has 2 aromatic rings. The van der Waals surface area contributed by atoms with Crippen molar-refractivity contribution in [1.29, 1.82) is 0 Å². The van der Waals surface area contributed by atoms with E-state index < -0.39 is 5.82 Å². The molecule has 0 spiro atoms. The Morgan fingerprint density at radius 2 is 1.79 bits per heavy atom. The minimum Gasteiger partial charge on any atom is -0.396 e. The van der Waals surface area contributed by atoms with Crippen LogP contribution in [-0.4, -0.2) is 6.54 Å². The third-order valence-corrected chi connectivity index (χ3v) is 3.04. The Bertz CT molecular complexity index is 570. The summed E-state index contributed by atoms with van der Waals surface area (Å²) in [5, 5.41) is 0. The van der Waals surface area contributed by atoms with Crippen LogP contribution in [0.2, 0.25) is 0 Å². The fraction of sp³-hybridized carbons (Fsp3) is 0.200. The lowest BCUT2D eigenvalue weighted by Crippen LogP contribution is -2.23. The van der Waals surface area contributed by atoms with Crippen molar-refractivity contribution < 1.29 is 8.78 Å². The lowest BCUT2D eigenvalue weighted by molar-refractivity contribution is 0.599. The molecule has 2 rings (SSSR count). The number of hydrogen-bond donors (Lipinski definition) is 1. The first-order valence-electron chi connectivity index (χ1n) is 6.15. The van der Waals surface area contributed by atoms with Crippen molar-refractivity contribution in [3.8, 4) is 0 Å². The summed E-state index contributed by atoms with van der Waals surface area (Å²) in [6, 6.07) is 11.3. The summed E-state index contributed by atoms with van der Waals surface area (Å²) in [5.41, 5.74) is 6.58. The Morgan fingerprint density at radius 1 is 1.05 bits per heavy atom. The van der Waals surface area contributed by atoms with Gasteiger partial charge < -0.3 is 10.6 Å². The van der Waals surface area contributed by atoms with Crippen LogP contribution in [0.25, 0.3) is 0 Å². The van der Waals surface area contributed by atoms with E-state index in [9.17, 15) is 8.78 Å². The fourth-order valence-corrected chi connectivity index (χ4v) is 2.00. The number of nitrogens with two attached hydrogens (primary N) is 1. The maximum Gasteiger partial charge on any atom is 0.151 e. The molecule has 0 atom stereocenters. The summed E-state index contributed by atoms with van der Waals surface area (Å²) in [4.78, 5) is 1.77. The van der Waals surface area contributed by atoms with Gasteiger partial charge in [0, 0.05) is 18.7 Å². The van der Waals surface area contributed by atoms with Crippen LogP contribution in [0.4, 0.5) is 20.2 Å². The first kappa shape index (κ1) is 13.3. The van der Waals surface area contributed by atoms with Crippen LogP contribution in [-0.2, 0) is 6.54 Å². The summed E-state index contributed by atoms with van der Waals surface area (Å²) in [6.45, 7) is 2.76. The van der Waals surface area contributed by atoms with Crippen LogP contribution < -0.4 is 10.6 Å². The summed E-state index contributed by atoms with van der Waals surface area (Å²) >= 11 is 0. The molecule has 0 aromatic heterocycles. The molecular weight excluding hydrogens is 246 g/mol. The molecule has 4 heteroatoms. The van der Waals surface area contributed by atoms with E-state index in [-0.39, 0.29) is 18.0 Å². The Balaban J connectivity index is 2.30. The summed E-state index contributed by atoms with van der Waals surface area (Å²) in [6.07, 6.45) is 0. The van der Waals surface area contributed by atoms with Crippen molar-refractivity contribution >= 4 is 11.4 Å². The van der Waals surface area contributed by atoms with E-state index >= 15 is 0 Å². The molecule has 0 fully saturated rings. The highest BCUT2D eigenvalue weighted by atomic mass is 19.1. The van der Waals surface area contributed by atoms with Gasteiger partial charge in [-0.1, -0.05) is 24.3 Å². The van der Waals surface area contributed by atoms with Crippen molar-refractivity contribution in [2.75, 3.05) is 17.2 Å². The zero-order valence-corrected chi connectivity index (χ0v) is 10.7. The summed E-state index contributed by atoms with van der Waals surface area (Å²) in [5.74, 6) is -0.744. The van der Waals surface area contributed by atoms with E-state index in [2.05, 4.69) is 0 Å². The van der Waals surface area contributed by atoms with Crippen molar-refractivity contribution in [1.82, 2.24) is 0 Å². The SMILES string of the molecule is CCN(Cc1cccc(N)c1F)c1ccccc1F. The molecule has 0 saturated carbocycles. The molecule has 0 aliphatic carbocycles. The highest BCUT2D eigenvalue weighted by Gasteiger charge is 2.13. The van der Waals surface area contributed by atoms with Gasteiger partial charge in [-0.25, -0.2) is 8.78 Å². The number of rotatable bonds is 4. The Morgan fingerprint density at radius 3 is 2.47 bits per heavy atom. The quantitative estimate of drug-likeness (QED) is 0.853. The lowest BCUT2D eigenvalue weighted by Gasteiger charge is -2.24. The van der Waals surface area contributed by atoms with Crippen LogP contribution in [0.3, 0.4) is 0 Å². The average Bonchev–Trinajstić information content (AvgIpc) is 2.41. The minimum atomic E-state index is -0.433. The van der Waals surface area contributed by atoms with E-state index in [0.29, 0.717) is 17.8 Å². The molecule has 19 heavy (non-hydrogen) atoms. The predicted octanol–water partition coefficient (Wildman–Crippen LogP) is 3.57. The van der Waals surface area contributed by atoms with Gasteiger partial charge in [-0.05, 0) is 25.1 Å².